The molecule has 8 nitrogen and oxygen atoms in total. The van der Waals surface area contributed by atoms with Crippen LogP contribution >= 0.6 is 24.0 Å². The van der Waals surface area contributed by atoms with E-state index in [1.807, 2.05) is 12.4 Å². The van der Waals surface area contributed by atoms with Crippen LogP contribution in [0.15, 0.2) is 17.4 Å². The third-order valence-electron chi connectivity index (χ3n) is 4.95. The number of piperidine rings is 1. The van der Waals surface area contributed by atoms with Gasteiger partial charge in [-0.1, -0.05) is 20.8 Å². The first-order valence-corrected chi connectivity index (χ1v) is 11.1. The molecular formula is C21H40IN7O. The molecule has 0 atom stereocenters. The van der Waals surface area contributed by atoms with Crippen LogP contribution in [0.1, 0.15) is 52.8 Å². The summed E-state index contributed by atoms with van der Waals surface area (Å²) in [5, 5.41) is 9.86. The second-order valence-electron chi connectivity index (χ2n) is 8.13. The van der Waals surface area contributed by atoms with E-state index >= 15 is 0 Å². The van der Waals surface area contributed by atoms with Crippen LogP contribution in [0.5, 0.6) is 0 Å². The smallest absolute Gasteiger partial charge is 0.234 e. The number of guanidine groups is 1. The zero-order valence-corrected chi connectivity index (χ0v) is 21.3. The van der Waals surface area contributed by atoms with Crippen molar-refractivity contribution in [1.82, 2.24) is 30.4 Å². The van der Waals surface area contributed by atoms with Gasteiger partial charge in [0.15, 0.2) is 5.96 Å². The number of amides is 1. The lowest BCUT2D eigenvalue weighted by Crippen LogP contribution is -2.50. The van der Waals surface area contributed by atoms with Gasteiger partial charge in [0, 0.05) is 51.2 Å². The quantitative estimate of drug-likeness (QED) is 0.244. The van der Waals surface area contributed by atoms with Crippen molar-refractivity contribution in [2.75, 3.05) is 32.7 Å². The second-order valence-corrected chi connectivity index (χ2v) is 8.13. The van der Waals surface area contributed by atoms with Crippen LogP contribution in [-0.2, 0) is 17.9 Å². The van der Waals surface area contributed by atoms with E-state index in [1.54, 1.807) is 0 Å². The van der Waals surface area contributed by atoms with Gasteiger partial charge in [-0.15, -0.1) is 24.0 Å². The monoisotopic (exact) mass is 533 g/mol. The number of imidazole rings is 1. The first kappa shape index (κ1) is 26.7. The highest BCUT2D eigenvalue weighted by atomic mass is 127. The maximum absolute atomic E-state index is 11.9. The van der Waals surface area contributed by atoms with Gasteiger partial charge in [-0.05, 0) is 32.1 Å². The second kappa shape index (κ2) is 14.6. The summed E-state index contributed by atoms with van der Waals surface area (Å²) in [5.74, 6) is 2.53. The molecule has 3 N–H and O–H groups in total. The number of likely N-dealkylation sites (tertiary alicyclic amines) is 1. The number of aliphatic imine (C=N–C) groups is 1. The van der Waals surface area contributed by atoms with E-state index in [0.717, 1.165) is 63.8 Å². The number of carbonyl (C=O) groups is 1. The molecule has 1 aromatic heterocycles. The van der Waals surface area contributed by atoms with Crippen molar-refractivity contribution in [2.24, 2.45) is 10.9 Å². The van der Waals surface area contributed by atoms with E-state index in [2.05, 4.69) is 58.1 Å². The highest BCUT2D eigenvalue weighted by Gasteiger charge is 2.21. The summed E-state index contributed by atoms with van der Waals surface area (Å²) in [5.41, 5.74) is 0. The van der Waals surface area contributed by atoms with Crippen molar-refractivity contribution >= 4 is 35.8 Å². The van der Waals surface area contributed by atoms with Crippen molar-refractivity contribution in [1.29, 1.82) is 0 Å². The molecule has 0 unspecified atom stereocenters. The Kier molecular flexibility index (Phi) is 13.0. The fourth-order valence-electron chi connectivity index (χ4n) is 3.47. The Morgan fingerprint density at radius 1 is 1.27 bits per heavy atom. The minimum absolute atomic E-state index is 0. The first-order chi connectivity index (χ1) is 14.0. The molecule has 9 heteroatoms. The van der Waals surface area contributed by atoms with Gasteiger partial charge in [-0.25, -0.2) is 9.98 Å². The molecule has 1 aliphatic heterocycles. The van der Waals surface area contributed by atoms with E-state index in [4.69, 9.17) is 4.99 Å². The fraction of sp³-hybridized carbons (Fsp3) is 0.762. The predicted octanol–water partition coefficient (Wildman–Crippen LogP) is 2.20. The largest absolute Gasteiger partial charge is 0.357 e. The van der Waals surface area contributed by atoms with E-state index in [1.165, 1.54) is 0 Å². The minimum atomic E-state index is 0. The summed E-state index contributed by atoms with van der Waals surface area (Å²) in [4.78, 5) is 23.3. The normalized spacial score (nSPS) is 15.7. The third-order valence-corrected chi connectivity index (χ3v) is 4.95. The molecule has 0 bridgehead atoms. The van der Waals surface area contributed by atoms with Gasteiger partial charge < -0.3 is 20.5 Å². The molecule has 1 aliphatic rings. The van der Waals surface area contributed by atoms with E-state index in [-0.39, 0.29) is 29.9 Å². The Morgan fingerprint density at radius 2 is 2.00 bits per heavy atom. The lowest BCUT2D eigenvalue weighted by molar-refractivity contribution is -0.122. The molecule has 0 spiro atoms. The number of hydrogen-bond acceptors (Lipinski definition) is 4. The van der Waals surface area contributed by atoms with Crippen molar-refractivity contribution in [3.05, 3.63) is 18.2 Å². The Hall–Kier alpha value is -1.36. The number of rotatable bonds is 10. The van der Waals surface area contributed by atoms with Crippen LogP contribution in [0.2, 0.25) is 0 Å². The van der Waals surface area contributed by atoms with Crippen molar-refractivity contribution in [3.63, 3.8) is 0 Å². The SMILES string of the molecule is CCCNC(=O)CN1CCC(NC(=NCc2nccn2CC(C)C)NCC)CC1.I. The van der Waals surface area contributed by atoms with Crippen molar-refractivity contribution in [2.45, 2.75) is 66.1 Å². The van der Waals surface area contributed by atoms with Gasteiger partial charge in [0.2, 0.25) is 5.91 Å². The summed E-state index contributed by atoms with van der Waals surface area (Å²) in [7, 11) is 0. The topological polar surface area (TPSA) is 86.6 Å². The minimum Gasteiger partial charge on any atom is -0.357 e. The molecule has 0 saturated carbocycles. The molecule has 172 valence electrons. The molecule has 30 heavy (non-hydrogen) atoms. The lowest BCUT2D eigenvalue weighted by Gasteiger charge is -2.32. The zero-order chi connectivity index (χ0) is 21.1. The van der Waals surface area contributed by atoms with Gasteiger partial charge in [0.1, 0.15) is 12.4 Å². The van der Waals surface area contributed by atoms with Crippen molar-refractivity contribution in [3.8, 4) is 0 Å². The number of hydrogen-bond donors (Lipinski definition) is 3. The Bertz CT molecular complexity index is 639. The maximum Gasteiger partial charge on any atom is 0.234 e. The van der Waals surface area contributed by atoms with Gasteiger partial charge >= 0.3 is 0 Å². The van der Waals surface area contributed by atoms with Crippen LogP contribution in [0, 0.1) is 5.92 Å². The van der Waals surface area contributed by atoms with Gasteiger partial charge in [-0.3, -0.25) is 9.69 Å². The Labute approximate surface area is 198 Å². The molecular weight excluding hydrogens is 493 g/mol. The predicted molar refractivity (Wildman–Crippen MR) is 133 cm³/mol. The Morgan fingerprint density at radius 3 is 2.63 bits per heavy atom. The van der Waals surface area contributed by atoms with E-state index < -0.39 is 0 Å². The van der Waals surface area contributed by atoms with E-state index in [9.17, 15) is 4.79 Å². The molecule has 0 radical (unpaired) electrons. The molecule has 1 aromatic rings. The van der Waals surface area contributed by atoms with E-state index in [0.29, 0.717) is 25.0 Å². The number of aromatic nitrogens is 2. The molecule has 0 aliphatic carbocycles. The number of halogens is 1. The summed E-state index contributed by atoms with van der Waals surface area (Å²) in [6.45, 7) is 14.0. The average Bonchev–Trinajstić information content (AvgIpc) is 3.12. The summed E-state index contributed by atoms with van der Waals surface area (Å²) in [6.07, 6.45) is 6.86. The summed E-state index contributed by atoms with van der Waals surface area (Å²) >= 11 is 0. The van der Waals surface area contributed by atoms with Crippen LogP contribution < -0.4 is 16.0 Å². The third kappa shape index (κ3) is 9.63. The highest BCUT2D eigenvalue weighted by Crippen LogP contribution is 2.10. The molecule has 1 fully saturated rings. The van der Waals surface area contributed by atoms with Crippen LogP contribution in [0.3, 0.4) is 0 Å². The molecule has 0 aromatic carbocycles. The molecule has 2 rings (SSSR count). The Balaban J connectivity index is 0.00000450. The van der Waals surface area contributed by atoms with Crippen molar-refractivity contribution < 1.29 is 4.79 Å². The molecule has 1 amide bonds. The number of carbonyl (C=O) groups excluding carboxylic acids is 1. The molecule has 2 heterocycles. The number of nitrogens with one attached hydrogen (secondary N) is 3. The summed E-state index contributed by atoms with van der Waals surface area (Å²) in [6, 6.07) is 0.373. The van der Waals surface area contributed by atoms with Gasteiger partial charge in [0.05, 0.1) is 6.54 Å². The lowest BCUT2D eigenvalue weighted by atomic mass is 10.1. The maximum atomic E-state index is 11.9. The first-order valence-electron chi connectivity index (χ1n) is 11.1. The van der Waals surface area contributed by atoms with Gasteiger partial charge in [0.25, 0.3) is 0 Å². The van der Waals surface area contributed by atoms with Gasteiger partial charge in [-0.2, -0.15) is 0 Å². The zero-order valence-electron chi connectivity index (χ0n) is 19.0. The molecule has 1 saturated heterocycles. The van der Waals surface area contributed by atoms with Crippen LogP contribution in [0.4, 0.5) is 0 Å². The average molecular weight is 534 g/mol. The van der Waals surface area contributed by atoms with Crippen LogP contribution in [-0.4, -0.2) is 65.1 Å². The van der Waals surface area contributed by atoms with Crippen LogP contribution in [0.25, 0.3) is 0 Å². The fourth-order valence-corrected chi connectivity index (χ4v) is 3.47. The number of nitrogens with zero attached hydrogens (tertiary/aromatic N) is 4. The standard InChI is InChI=1S/C21H39N7O.HI/c1-5-9-24-20(29)16-27-11-7-18(8-12-27)26-21(22-6-2)25-14-19-23-10-13-28(19)15-17(3)4;/h10,13,17-18H,5-9,11-12,14-16H2,1-4H3,(H,24,29)(H2,22,25,26);1H. The highest BCUT2D eigenvalue weighted by molar-refractivity contribution is 14.0. The summed E-state index contributed by atoms with van der Waals surface area (Å²) < 4.78 is 2.18.